The first-order valence-electron chi connectivity index (χ1n) is 13.2. The number of rotatable bonds is 16. The molecule has 0 radical (unpaired) electrons. The van der Waals surface area contributed by atoms with Crippen LogP contribution in [0.3, 0.4) is 0 Å². The Morgan fingerprint density at radius 1 is 1.27 bits per heavy atom. The number of carboxylic acid groups (broad SMARTS) is 1. The number of aromatic carboxylic acids is 1. The van der Waals surface area contributed by atoms with E-state index in [1.165, 1.54) is 0 Å². The van der Waals surface area contributed by atoms with E-state index in [0.717, 1.165) is 38.1 Å². The monoisotopic (exact) mass is 623 g/mol. The first kappa shape index (κ1) is 32.6. The minimum Gasteiger partial charge on any atom is -0.476 e. The van der Waals surface area contributed by atoms with Gasteiger partial charge in [-0.15, -0.1) is 0 Å². The van der Waals surface area contributed by atoms with Gasteiger partial charge in [0.25, 0.3) is 0 Å². The van der Waals surface area contributed by atoms with Crippen LogP contribution in [0, 0.1) is 0 Å². The predicted octanol–water partition coefficient (Wildman–Crippen LogP) is 5.85. The minimum absolute atomic E-state index is 0.0539. The molecular formula is C25H46BrN3O6SSi. The molecule has 214 valence electrons. The van der Waals surface area contributed by atoms with E-state index in [1.54, 1.807) is 4.57 Å². The molecule has 1 saturated heterocycles. The molecule has 2 rings (SSSR count). The standard InChI is InChI=1S/C25H46BrN3O6SSi/c1-8-25(34-14-15-35-25)13-11-9-10-12-19(28-36(32)24(2,3)4)21-20(22(30)31)27-23(26)29(21)18-33-16-17-37(5,6)7/h19,28H,8-18H2,1-7H3,(H,30,31)/t19-,36+/m0/s1. The average Bonchev–Trinajstić information content (AvgIpc) is 3.39. The molecule has 12 heteroatoms. The molecule has 0 amide bonds. The van der Waals surface area contributed by atoms with Crippen molar-refractivity contribution >= 4 is 41.0 Å². The maximum absolute atomic E-state index is 13.1. The van der Waals surface area contributed by atoms with E-state index >= 15 is 0 Å². The maximum atomic E-state index is 13.1. The molecule has 2 heterocycles. The Hall–Kier alpha value is -0.633. The van der Waals surface area contributed by atoms with Crippen molar-refractivity contribution in [3.63, 3.8) is 0 Å². The van der Waals surface area contributed by atoms with Crippen LogP contribution in [0.25, 0.3) is 0 Å². The van der Waals surface area contributed by atoms with Crippen molar-refractivity contribution < 1.29 is 28.3 Å². The van der Waals surface area contributed by atoms with Gasteiger partial charge < -0.3 is 19.3 Å². The largest absolute Gasteiger partial charge is 0.476 e. The smallest absolute Gasteiger partial charge is 0.356 e. The van der Waals surface area contributed by atoms with Gasteiger partial charge in [0.15, 0.2) is 16.2 Å². The van der Waals surface area contributed by atoms with E-state index in [9.17, 15) is 14.1 Å². The van der Waals surface area contributed by atoms with Crippen LogP contribution in [0.1, 0.15) is 88.4 Å². The fourth-order valence-corrected chi connectivity index (χ4v) is 6.17. The van der Waals surface area contributed by atoms with E-state index in [0.29, 0.717) is 36.7 Å². The van der Waals surface area contributed by atoms with Crippen molar-refractivity contribution in [3.8, 4) is 0 Å². The lowest BCUT2D eigenvalue weighted by Gasteiger charge is -2.27. The van der Waals surface area contributed by atoms with Gasteiger partial charge in [0.1, 0.15) is 6.73 Å². The average molecular weight is 625 g/mol. The number of unbranched alkanes of at least 4 members (excludes halogenated alkanes) is 2. The lowest BCUT2D eigenvalue weighted by Crippen LogP contribution is -2.37. The molecule has 1 aromatic heterocycles. The van der Waals surface area contributed by atoms with Crippen molar-refractivity contribution in [2.24, 2.45) is 0 Å². The summed E-state index contributed by atoms with van der Waals surface area (Å²) in [6.45, 7) is 16.6. The summed E-state index contributed by atoms with van der Waals surface area (Å²) in [5.74, 6) is -1.59. The van der Waals surface area contributed by atoms with Gasteiger partial charge in [-0.25, -0.2) is 18.7 Å². The summed E-state index contributed by atoms with van der Waals surface area (Å²) in [6.07, 6.45) is 4.91. The molecule has 2 N–H and O–H groups in total. The van der Waals surface area contributed by atoms with Crippen LogP contribution in [0.4, 0.5) is 0 Å². The highest BCUT2D eigenvalue weighted by Gasteiger charge is 2.34. The summed E-state index contributed by atoms with van der Waals surface area (Å²) in [4.78, 5) is 16.4. The Balaban J connectivity index is 2.20. The second-order valence-corrected chi connectivity index (χ2v) is 20.1. The highest BCUT2D eigenvalue weighted by Crippen LogP contribution is 2.32. The number of carbonyl (C=O) groups is 1. The Bertz CT molecular complexity index is 909. The summed E-state index contributed by atoms with van der Waals surface area (Å²) >= 11 is 3.43. The fourth-order valence-electron chi connectivity index (χ4n) is 4.10. The number of hydrogen-bond acceptors (Lipinski definition) is 6. The minimum atomic E-state index is -1.40. The van der Waals surface area contributed by atoms with Gasteiger partial charge in [0, 0.05) is 21.1 Å². The number of hydrogen-bond donors (Lipinski definition) is 2. The van der Waals surface area contributed by atoms with Crippen molar-refractivity contribution in [2.75, 3.05) is 19.8 Å². The topological polar surface area (TPSA) is 112 Å². The number of ether oxygens (including phenoxy) is 3. The Morgan fingerprint density at radius 2 is 1.92 bits per heavy atom. The van der Waals surface area contributed by atoms with E-state index < -0.39 is 41.6 Å². The molecule has 0 aromatic carbocycles. The molecule has 37 heavy (non-hydrogen) atoms. The molecular weight excluding hydrogens is 578 g/mol. The van der Waals surface area contributed by atoms with Crippen molar-refractivity contribution in [1.29, 1.82) is 0 Å². The highest BCUT2D eigenvalue weighted by atomic mass is 79.9. The molecule has 0 unspecified atom stereocenters. The van der Waals surface area contributed by atoms with E-state index in [4.69, 9.17) is 14.2 Å². The summed E-state index contributed by atoms with van der Waals surface area (Å²) in [5.41, 5.74) is 0.430. The van der Waals surface area contributed by atoms with Crippen LogP contribution in [-0.4, -0.2) is 63.3 Å². The first-order valence-corrected chi connectivity index (χ1v) is 18.9. The number of imidazole rings is 1. The van der Waals surface area contributed by atoms with Crippen LogP contribution < -0.4 is 4.72 Å². The zero-order valence-electron chi connectivity index (χ0n) is 23.5. The van der Waals surface area contributed by atoms with E-state index in [-0.39, 0.29) is 12.4 Å². The second-order valence-electron chi connectivity index (χ2n) is 11.8. The number of carboxylic acids is 1. The molecule has 0 spiro atoms. The van der Waals surface area contributed by atoms with Crippen molar-refractivity contribution in [1.82, 2.24) is 14.3 Å². The van der Waals surface area contributed by atoms with Gasteiger partial charge in [-0.1, -0.05) is 39.4 Å². The Morgan fingerprint density at radius 3 is 2.46 bits per heavy atom. The Kier molecular flexibility index (Phi) is 12.4. The first-order chi connectivity index (χ1) is 17.2. The van der Waals surface area contributed by atoms with E-state index in [2.05, 4.69) is 52.2 Å². The molecule has 0 aliphatic carbocycles. The molecule has 1 aliphatic heterocycles. The van der Waals surface area contributed by atoms with Gasteiger partial charge in [-0.2, -0.15) is 0 Å². The molecule has 2 atom stereocenters. The van der Waals surface area contributed by atoms with E-state index in [1.807, 2.05) is 20.8 Å². The highest BCUT2D eigenvalue weighted by molar-refractivity contribution is 9.10. The van der Waals surface area contributed by atoms with Gasteiger partial charge in [-0.05, 0) is 62.0 Å². The normalized spacial score (nSPS) is 17.7. The van der Waals surface area contributed by atoms with Gasteiger partial charge >= 0.3 is 5.97 Å². The third-order valence-electron chi connectivity index (χ3n) is 6.42. The number of aromatic nitrogens is 2. The summed E-state index contributed by atoms with van der Waals surface area (Å²) in [6, 6.07) is 0.535. The maximum Gasteiger partial charge on any atom is 0.356 e. The SMILES string of the molecule is CCC1(CCCCC[C@H](N[S@](=O)C(C)(C)C)c2c(C(=O)O)nc(Br)n2COCC[Si](C)(C)C)OCCO1. The molecule has 0 bridgehead atoms. The molecule has 9 nitrogen and oxygen atoms in total. The number of halogens is 1. The third-order valence-corrected chi connectivity index (χ3v) is 10.3. The number of nitrogens with one attached hydrogen (secondary N) is 1. The van der Waals surface area contributed by atoms with Crippen LogP contribution in [-0.2, 0) is 31.9 Å². The summed E-state index contributed by atoms with van der Waals surface area (Å²) in [5, 5.41) is 9.95. The van der Waals surface area contributed by atoms with Crippen LogP contribution in [0.15, 0.2) is 4.73 Å². The molecule has 1 aromatic rings. The molecule has 1 fully saturated rings. The van der Waals surface area contributed by atoms with Crippen LogP contribution in [0.5, 0.6) is 0 Å². The van der Waals surface area contributed by atoms with Crippen LogP contribution in [0.2, 0.25) is 25.7 Å². The third kappa shape index (κ3) is 10.1. The zero-order valence-corrected chi connectivity index (χ0v) is 26.9. The fraction of sp³-hybridized carbons (Fsp3) is 0.840. The van der Waals surface area contributed by atoms with Crippen molar-refractivity contribution in [2.45, 2.75) is 115 Å². The quantitative estimate of drug-likeness (QED) is 0.175. The lowest BCUT2D eigenvalue weighted by molar-refractivity contribution is -0.164. The van der Waals surface area contributed by atoms with Gasteiger partial charge in [0.05, 0.1) is 40.7 Å². The molecule has 1 aliphatic rings. The van der Waals surface area contributed by atoms with Gasteiger partial charge in [0.2, 0.25) is 0 Å². The number of nitrogens with zero attached hydrogens (tertiary/aromatic N) is 2. The Labute approximate surface area is 234 Å². The van der Waals surface area contributed by atoms with Crippen molar-refractivity contribution in [3.05, 3.63) is 16.1 Å². The van der Waals surface area contributed by atoms with Crippen LogP contribution >= 0.6 is 15.9 Å². The summed E-state index contributed by atoms with van der Waals surface area (Å²) < 4.78 is 35.6. The second kappa shape index (κ2) is 14.1. The lowest BCUT2D eigenvalue weighted by atomic mass is 10.0. The summed E-state index contributed by atoms with van der Waals surface area (Å²) in [7, 11) is -2.67. The predicted molar refractivity (Wildman–Crippen MR) is 153 cm³/mol. The van der Waals surface area contributed by atoms with Gasteiger partial charge in [-0.3, -0.25) is 4.57 Å². The molecule has 0 saturated carbocycles. The zero-order chi connectivity index (χ0) is 27.9.